The number of hydrogen-bond donors (Lipinski definition) is 2. The highest BCUT2D eigenvalue weighted by Gasteiger charge is 2.22. The summed E-state index contributed by atoms with van der Waals surface area (Å²) in [4.78, 5) is 7.08. The number of rotatable bonds is 3. The third-order valence-corrected chi connectivity index (χ3v) is 6.40. The zero-order valence-electron chi connectivity index (χ0n) is 18.5. The fourth-order valence-electron chi connectivity index (χ4n) is 4.45. The van der Waals surface area contributed by atoms with Gasteiger partial charge in [-0.25, -0.2) is 4.98 Å². The van der Waals surface area contributed by atoms with Gasteiger partial charge in [0.25, 0.3) is 0 Å². The molecule has 2 aromatic carbocycles. The van der Waals surface area contributed by atoms with Gasteiger partial charge in [-0.1, -0.05) is 23.7 Å². The van der Waals surface area contributed by atoms with Crippen molar-refractivity contribution >= 4 is 53.1 Å². The second-order valence-corrected chi connectivity index (χ2v) is 8.54. The Morgan fingerprint density at radius 3 is 2.35 bits per heavy atom. The molecule has 1 aliphatic heterocycles. The molecule has 2 N–H and O–H groups in total. The fourth-order valence-corrected chi connectivity index (χ4v) is 4.63. The Balaban J connectivity index is 0.00000162. The molecule has 1 aliphatic rings. The summed E-state index contributed by atoms with van der Waals surface area (Å²) in [5.74, 6) is -0.0147. The second kappa shape index (κ2) is 10.5. The lowest BCUT2D eigenvalue weighted by atomic mass is 9.93. The summed E-state index contributed by atoms with van der Waals surface area (Å²) < 4.78 is 0. The summed E-state index contributed by atoms with van der Waals surface area (Å²) in [6.45, 7) is 4.09. The van der Waals surface area contributed by atoms with Crippen molar-refractivity contribution in [1.29, 1.82) is 5.26 Å². The van der Waals surface area contributed by atoms with E-state index in [9.17, 15) is 10.4 Å². The van der Waals surface area contributed by atoms with Crippen LogP contribution in [-0.4, -0.2) is 33.4 Å². The molecule has 0 unspecified atom stereocenters. The molecule has 176 valence electrons. The lowest BCUT2D eigenvalue weighted by Gasteiger charge is -2.29. The molecule has 0 atom stereocenters. The number of phenols is 1. The zero-order chi connectivity index (χ0) is 22.2. The van der Waals surface area contributed by atoms with E-state index in [0.29, 0.717) is 22.5 Å². The predicted octanol–water partition coefficient (Wildman–Crippen LogP) is 6.66. The first-order valence-corrected chi connectivity index (χ1v) is 11.1. The number of aryl methyl sites for hydroxylation is 1. The number of phenolic OH excluding ortho intramolecular Hbond substituents is 1. The van der Waals surface area contributed by atoms with Gasteiger partial charge in [-0.15, -0.1) is 24.8 Å². The van der Waals surface area contributed by atoms with E-state index in [-0.39, 0.29) is 35.6 Å². The molecule has 9 heteroatoms. The molecule has 1 fully saturated rings. The Morgan fingerprint density at radius 2 is 1.71 bits per heavy atom. The lowest BCUT2D eigenvalue weighted by molar-refractivity contribution is 0.475. The van der Waals surface area contributed by atoms with E-state index >= 15 is 0 Å². The van der Waals surface area contributed by atoms with Gasteiger partial charge in [0, 0.05) is 35.6 Å². The molecule has 5 rings (SSSR count). The summed E-state index contributed by atoms with van der Waals surface area (Å²) in [5.41, 5.74) is 5.92. The Morgan fingerprint density at radius 1 is 1.03 bits per heavy atom. The van der Waals surface area contributed by atoms with Gasteiger partial charge in [0.1, 0.15) is 11.8 Å². The summed E-state index contributed by atoms with van der Waals surface area (Å²) in [5, 5.41) is 28.4. The maximum atomic E-state index is 10.2. The Kier molecular flexibility index (Phi) is 7.93. The molecular weight excluding hydrogens is 493 g/mol. The standard InChI is InChI=1S/C25H22ClN5O.2ClH/c1-15-22-23(16-5-8-18(9-6-16)31-11-3-2-4-12-31)19(14-27)24(28-25(22)30-29-15)17-7-10-21(32)20(26)13-17;;/h5-10,13,32H,2-4,11-12H2,1H3,(H,28,29,30);2*1H. The van der Waals surface area contributed by atoms with E-state index in [1.54, 1.807) is 12.1 Å². The minimum atomic E-state index is -0.0147. The second-order valence-electron chi connectivity index (χ2n) is 8.13. The van der Waals surface area contributed by atoms with Crippen molar-refractivity contribution in [2.24, 2.45) is 0 Å². The third-order valence-electron chi connectivity index (χ3n) is 6.09. The quantitative estimate of drug-likeness (QED) is 0.318. The first-order chi connectivity index (χ1) is 15.6. The van der Waals surface area contributed by atoms with Gasteiger partial charge in [-0.3, -0.25) is 5.10 Å². The van der Waals surface area contributed by atoms with Crippen LogP contribution in [0, 0.1) is 18.3 Å². The largest absolute Gasteiger partial charge is 0.506 e. The molecule has 0 saturated carbocycles. The van der Waals surface area contributed by atoms with Gasteiger partial charge in [0.2, 0.25) is 0 Å². The maximum absolute atomic E-state index is 10.2. The number of nitriles is 1. The Labute approximate surface area is 215 Å². The number of anilines is 1. The van der Waals surface area contributed by atoms with Crippen molar-refractivity contribution in [1.82, 2.24) is 15.2 Å². The van der Waals surface area contributed by atoms with Crippen molar-refractivity contribution in [3.05, 3.63) is 58.7 Å². The highest BCUT2D eigenvalue weighted by atomic mass is 35.5. The third kappa shape index (κ3) is 4.52. The summed E-state index contributed by atoms with van der Waals surface area (Å²) in [6.07, 6.45) is 3.73. The van der Waals surface area contributed by atoms with Crippen molar-refractivity contribution in [2.75, 3.05) is 18.0 Å². The van der Waals surface area contributed by atoms with Crippen LogP contribution in [0.1, 0.15) is 30.5 Å². The van der Waals surface area contributed by atoms with Crippen molar-refractivity contribution < 1.29 is 5.11 Å². The van der Waals surface area contributed by atoms with Gasteiger partial charge in [-0.05, 0) is 62.1 Å². The number of fused-ring (bicyclic) bond motifs is 1. The number of hydrogen-bond acceptors (Lipinski definition) is 5. The number of piperidine rings is 1. The maximum Gasteiger partial charge on any atom is 0.182 e. The number of aromatic nitrogens is 3. The van der Waals surface area contributed by atoms with Gasteiger partial charge in [0.05, 0.1) is 21.7 Å². The topological polar surface area (TPSA) is 88.8 Å². The smallest absolute Gasteiger partial charge is 0.182 e. The number of benzene rings is 2. The van der Waals surface area contributed by atoms with Crippen LogP contribution >= 0.6 is 36.4 Å². The Hall–Kier alpha value is -2.98. The average Bonchev–Trinajstić information content (AvgIpc) is 3.20. The molecule has 2 aromatic heterocycles. The number of nitrogens with one attached hydrogen (secondary N) is 1. The van der Waals surface area contributed by atoms with Crippen LogP contribution in [0.3, 0.4) is 0 Å². The monoisotopic (exact) mass is 515 g/mol. The first-order valence-electron chi connectivity index (χ1n) is 10.7. The number of H-pyrrole nitrogens is 1. The minimum absolute atomic E-state index is 0. The van der Waals surface area contributed by atoms with Crippen LogP contribution in [0.2, 0.25) is 5.02 Å². The number of aromatic amines is 1. The van der Waals surface area contributed by atoms with Crippen LogP contribution in [0.25, 0.3) is 33.4 Å². The average molecular weight is 517 g/mol. The molecule has 1 saturated heterocycles. The SMILES string of the molecule is Cc1[nH]nc2nc(-c3ccc(O)c(Cl)c3)c(C#N)c(-c3ccc(N4CCCCC4)cc3)c12.Cl.Cl. The molecule has 6 nitrogen and oxygen atoms in total. The van der Waals surface area contributed by atoms with Crippen molar-refractivity contribution in [3.63, 3.8) is 0 Å². The highest BCUT2D eigenvalue weighted by Crippen LogP contribution is 2.39. The summed E-state index contributed by atoms with van der Waals surface area (Å²) in [6, 6.07) is 15.6. The number of halogens is 3. The molecule has 0 bridgehead atoms. The van der Waals surface area contributed by atoms with Crippen molar-refractivity contribution in [2.45, 2.75) is 26.2 Å². The van der Waals surface area contributed by atoms with Gasteiger partial charge in [0.15, 0.2) is 5.65 Å². The number of nitrogens with zero attached hydrogens (tertiary/aromatic N) is 4. The molecule has 0 radical (unpaired) electrons. The van der Waals surface area contributed by atoms with E-state index in [4.69, 9.17) is 11.6 Å². The molecule has 4 aromatic rings. The summed E-state index contributed by atoms with van der Waals surface area (Å²) >= 11 is 6.14. The molecule has 0 spiro atoms. The predicted molar refractivity (Wildman–Crippen MR) is 141 cm³/mol. The summed E-state index contributed by atoms with van der Waals surface area (Å²) in [7, 11) is 0. The Bertz CT molecular complexity index is 1360. The number of pyridine rings is 1. The van der Waals surface area contributed by atoms with Crippen LogP contribution in [0.5, 0.6) is 5.75 Å². The van der Waals surface area contributed by atoms with Crippen molar-refractivity contribution in [3.8, 4) is 34.2 Å². The van der Waals surface area contributed by atoms with Gasteiger partial charge >= 0.3 is 0 Å². The molecule has 34 heavy (non-hydrogen) atoms. The number of aromatic hydroxyl groups is 1. The van der Waals surface area contributed by atoms with Gasteiger partial charge < -0.3 is 10.0 Å². The fraction of sp³-hybridized carbons (Fsp3) is 0.240. The van der Waals surface area contributed by atoms with Crippen LogP contribution in [0.15, 0.2) is 42.5 Å². The van der Waals surface area contributed by atoms with E-state index in [1.807, 2.05) is 6.92 Å². The van der Waals surface area contributed by atoms with Crippen LogP contribution in [0.4, 0.5) is 5.69 Å². The molecule has 0 amide bonds. The highest BCUT2D eigenvalue weighted by molar-refractivity contribution is 6.32. The van der Waals surface area contributed by atoms with Crippen LogP contribution < -0.4 is 4.90 Å². The normalized spacial score (nSPS) is 13.1. The molecule has 3 heterocycles. The van der Waals surface area contributed by atoms with E-state index < -0.39 is 0 Å². The van der Waals surface area contributed by atoms with E-state index in [1.165, 1.54) is 31.0 Å². The van der Waals surface area contributed by atoms with E-state index in [0.717, 1.165) is 35.3 Å². The van der Waals surface area contributed by atoms with Crippen LogP contribution in [-0.2, 0) is 0 Å². The first kappa shape index (κ1) is 25.6. The minimum Gasteiger partial charge on any atom is -0.506 e. The van der Waals surface area contributed by atoms with E-state index in [2.05, 4.69) is 50.4 Å². The van der Waals surface area contributed by atoms with Gasteiger partial charge in [-0.2, -0.15) is 10.4 Å². The molecule has 0 aliphatic carbocycles. The lowest BCUT2D eigenvalue weighted by Crippen LogP contribution is -2.29. The molecular formula is C25H24Cl3N5O. The zero-order valence-corrected chi connectivity index (χ0v) is 20.9.